The van der Waals surface area contributed by atoms with Gasteiger partial charge in [0.15, 0.2) is 0 Å². The third-order valence-electron chi connectivity index (χ3n) is 3.88. The van der Waals surface area contributed by atoms with Crippen molar-refractivity contribution in [3.8, 4) is 5.75 Å². The summed E-state index contributed by atoms with van der Waals surface area (Å²) in [5.41, 5.74) is 3.43. The van der Waals surface area contributed by atoms with Gasteiger partial charge in [0.05, 0.1) is 6.61 Å². The van der Waals surface area contributed by atoms with Crippen molar-refractivity contribution >= 4 is 23.2 Å². The minimum Gasteiger partial charge on any atom is -0.493 e. The molecule has 0 aliphatic carbocycles. The molecule has 0 amide bonds. The van der Waals surface area contributed by atoms with Crippen LogP contribution < -0.4 is 10.1 Å². The van der Waals surface area contributed by atoms with Gasteiger partial charge in [-0.3, -0.25) is 0 Å². The van der Waals surface area contributed by atoms with Crippen LogP contribution in [-0.2, 0) is 12.8 Å². The fourth-order valence-electron chi connectivity index (χ4n) is 2.84. The van der Waals surface area contributed by atoms with Crippen molar-refractivity contribution in [2.24, 2.45) is 0 Å². The molecule has 0 fully saturated rings. The largest absolute Gasteiger partial charge is 0.493 e. The molecule has 1 heterocycles. The maximum Gasteiger partial charge on any atom is 0.125 e. The fraction of sp³-hybridized carbons (Fsp3) is 0.294. The van der Waals surface area contributed by atoms with Crippen LogP contribution in [0, 0.1) is 0 Å². The van der Waals surface area contributed by atoms with Gasteiger partial charge in [-0.15, -0.1) is 0 Å². The number of rotatable bonds is 4. The average Bonchev–Trinajstić information content (AvgIpc) is 2.93. The van der Waals surface area contributed by atoms with E-state index in [1.807, 2.05) is 37.4 Å². The van der Waals surface area contributed by atoms with Gasteiger partial charge in [0.2, 0.25) is 0 Å². The highest BCUT2D eigenvalue weighted by molar-refractivity contribution is 6.31. The lowest BCUT2D eigenvalue weighted by Gasteiger charge is -2.19. The first-order valence-electron chi connectivity index (χ1n) is 7.05. The van der Waals surface area contributed by atoms with Crippen molar-refractivity contribution in [1.29, 1.82) is 0 Å². The van der Waals surface area contributed by atoms with Gasteiger partial charge < -0.3 is 10.1 Å². The Kier molecular flexibility index (Phi) is 4.39. The van der Waals surface area contributed by atoms with E-state index in [-0.39, 0.29) is 6.04 Å². The Morgan fingerprint density at radius 3 is 2.81 bits per heavy atom. The predicted molar refractivity (Wildman–Crippen MR) is 87.6 cm³/mol. The van der Waals surface area contributed by atoms with E-state index in [2.05, 4.69) is 11.4 Å². The van der Waals surface area contributed by atoms with E-state index in [1.165, 1.54) is 5.56 Å². The molecular weight excluding hydrogens is 305 g/mol. The second-order valence-electron chi connectivity index (χ2n) is 5.22. The number of fused-ring (bicyclic) bond motifs is 1. The second-order valence-corrected chi connectivity index (χ2v) is 6.06. The summed E-state index contributed by atoms with van der Waals surface area (Å²) >= 11 is 12.5. The lowest BCUT2D eigenvalue weighted by molar-refractivity contribution is 0.352. The molecule has 3 rings (SSSR count). The molecule has 1 unspecified atom stereocenters. The first-order valence-corrected chi connectivity index (χ1v) is 7.80. The molecule has 0 spiro atoms. The molecule has 4 heteroatoms. The van der Waals surface area contributed by atoms with Crippen molar-refractivity contribution in [3.63, 3.8) is 0 Å². The third kappa shape index (κ3) is 3.03. The van der Waals surface area contributed by atoms with Crippen LogP contribution in [0.4, 0.5) is 0 Å². The molecule has 2 aromatic carbocycles. The van der Waals surface area contributed by atoms with E-state index in [0.29, 0.717) is 0 Å². The van der Waals surface area contributed by atoms with Crippen LogP contribution in [0.1, 0.15) is 22.7 Å². The Balaban J connectivity index is 1.94. The molecule has 2 aromatic rings. The van der Waals surface area contributed by atoms with Crippen molar-refractivity contribution in [2.45, 2.75) is 18.9 Å². The molecule has 0 radical (unpaired) electrons. The summed E-state index contributed by atoms with van der Waals surface area (Å²) in [5.74, 6) is 0.992. The lowest BCUT2D eigenvalue weighted by Crippen LogP contribution is -2.19. The van der Waals surface area contributed by atoms with Gasteiger partial charge in [0, 0.05) is 22.5 Å². The third-order valence-corrected chi connectivity index (χ3v) is 4.44. The van der Waals surface area contributed by atoms with Crippen LogP contribution in [0.15, 0.2) is 36.4 Å². The Bertz CT molecular complexity index is 657. The molecule has 1 aliphatic heterocycles. The van der Waals surface area contributed by atoms with Crippen molar-refractivity contribution in [2.75, 3.05) is 13.7 Å². The normalized spacial score (nSPS) is 14.6. The summed E-state index contributed by atoms with van der Waals surface area (Å²) < 4.78 is 5.78. The maximum absolute atomic E-state index is 6.32. The van der Waals surface area contributed by atoms with E-state index >= 15 is 0 Å². The topological polar surface area (TPSA) is 21.3 Å². The highest BCUT2D eigenvalue weighted by Crippen LogP contribution is 2.36. The molecule has 2 nitrogen and oxygen atoms in total. The van der Waals surface area contributed by atoms with Crippen molar-refractivity contribution in [3.05, 3.63) is 63.1 Å². The van der Waals surface area contributed by atoms with E-state index in [1.54, 1.807) is 0 Å². The van der Waals surface area contributed by atoms with Crippen molar-refractivity contribution < 1.29 is 4.74 Å². The number of ether oxygens (including phenoxy) is 1. The van der Waals surface area contributed by atoms with Crippen LogP contribution in [0.25, 0.3) is 0 Å². The minimum atomic E-state index is 0.130. The van der Waals surface area contributed by atoms with E-state index in [0.717, 1.165) is 46.4 Å². The number of benzene rings is 2. The zero-order valence-electron chi connectivity index (χ0n) is 11.8. The molecule has 0 aromatic heterocycles. The summed E-state index contributed by atoms with van der Waals surface area (Å²) in [5, 5.41) is 4.88. The van der Waals surface area contributed by atoms with Crippen LogP contribution in [0.3, 0.4) is 0 Å². The van der Waals surface area contributed by atoms with Crippen LogP contribution in [-0.4, -0.2) is 13.7 Å². The van der Waals surface area contributed by atoms with Gasteiger partial charge >= 0.3 is 0 Å². The second kappa shape index (κ2) is 6.27. The van der Waals surface area contributed by atoms with Gasteiger partial charge in [0.25, 0.3) is 0 Å². The molecule has 21 heavy (non-hydrogen) atoms. The number of hydrogen-bond acceptors (Lipinski definition) is 2. The Labute approximate surface area is 135 Å². The van der Waals surface area contributed by atoms with Gasteiger partial charge in [0.1, 0.15) is 5.75 Å². The predicted octanol–water partition coefficient (Wildman–Crippen LogP) is 4.43. The van der Waals surface area contributed by atoms with Crippen LogP contribution in [0.2, 0.25) is 10.0 Å². The minimum absolute atomic E-state index is 0.130. The van der Waals surface area contributed by atoms with Crippen LogP contribution in [0.5, 0.6) is 5.75 Å². The quantitative estimate of drug-likeness (QED) is 0.899. The summed E-state index contributed by atoms with van der Waals surface area (Å²) in [6.45, 7) is 0.735. The number of halogens is 2. The standard InChI is InChI=1S/C17H17Cl2NO/c1-20-16(14-4-2-3-5-15(14)19)10-12-9-13(18)8-11-6-7-21-17(11)12/h2-5,8-9,16,20H,6-7,10H2,1H3. The molecule has 1 aliphatic rings. The van der Waals surface area contributed by atoms with E-state index < -0.39 is 0 Å². The smallest absolute Gasteiger partial charge is 0.125 e. The Hall–Kier alpha value is -1.22. The highest BCUT2D eigenvalue weighted by Gasteiger charge is 2.21. The Morgan fingerprint density at radius 2 is 2.05 bits per heavy atom. The number of nitrogens with one attached hydrogen (secondary N) is 1. The monoisotopic (exact) mass is 321 g/mol. The highest BCUT2D eigenvalue weighted by atomic mass is 35.5. The molecule has 110 valence electrons. The molecule has 1 N–H and O–H groups in total. The molecule has 1 atom stereocenters. The molecular formula is C17H17Cl2NO. The van der Waals surface area contributed by atoms with Gasteiger partial charge in [-0.1, -0.05) is 41.4 Å². The van der Waals surface area contributed by atoms with Gasteiger partial charge in [-0.05, 0) is 48.4 Å². The SMILES string of the molecule is CNC(Cc1cc(Cl)cc2c1OCC2)c1ccccc1Cl. The van der Waals surface area contributed by atoms with Gasteiger partial charge in [-0.25, -0.2) is 0 Å². The zero-order chi connectivity index (χ0) is 14.8. The van der Waals surface area contributed by atoms with Crippen LogP contribution >= 0.6 is 23.2 Å². The maximum atomic E-state index is 6.32. The summed E-state index contributed by atoms with van der Waals surface area (Å²) in [7, 11) is 1.94. The molecule has 0 saturated heterocycles. The zero-order valence-corrected chi connectivity index (χ0v) is 13.3. The average molecular weight is 322 g/mol. The summed E-state index contributed by atoms with van der Waals surface area (Å²) in [6.07, 6.45) is 1.72. The first kappa shape index (κ1) is 14.7. The number of likely N-dealkylation sites (N-methyl/N-ethyl adjacent to an activating group) is 1. The summed E-state index contributed by atoms with van der Waals surface area (Å²) in [4.78, 5) is 0. The molecule has 0 saturated carbocycles. The van der Waals surface area contributed by atoms with Crippen molar-refractivity contribution in [1.82, 2.24) is 5.32 Å². The van der Waals surface area contributed by atoms with E-state index in [4.69, 9.17) is 27.9 Å². The van der Waals surface area contributed by atoms with Gasteiger partial charge in [-0.2, -0.15) is 0 Å². The fourth-order valence-corrected chi connectivity index (χ4v) is 3.37. The first-order chi connectivity index (χ1) is 10.2. The summed E-state index contributed by atoms with van der Waals surface area (Å²) in [6, 6.07) is 12.0. The van der Waals surface area contributed by atoms with E-state index in [9.17, 15) is 0 Å². The lowest BCUT2D eigenvalue weighted by atomic mass is 9.96. The number of hydrogen-bond donors (Lipinski definition) is 1. The molecule has 0 bridgehead atoms. The Morgan fingerprint density at radius 1 is 1.24 bits per heavy atom.